The lowest BCUT2D eigenvalue weighted by atomic mass is 10.2. The molecule has 1 aromatic carbocycles. The van der Waals surface area contributed by atoms with E-state index in [2.05, 4.69) is 5.92 Å². The fraction of sp³-hybridized carbons (Fsp3) is 0.200. The smallest absolute Gasteiger partial charge is 0.313 e. The fourth-order valence-corrected chi connectivity index (χ4v) is 1.10. The average molecular weight is 191 g/mol. The van der Waals surface area contributed by atoms with Gasteiger partial charge >= 0.3 is 5.69 Å². The summed E-state index contributed by atoms with van der Waals surface area (Å²) < 4.78 is 5.05. The zero-order chi connectivity index (χ0) is 10.6. The molecule has 72 valence electrons. The van der Waals surface area contributed by atoms with Crippen molar-refractivity contribution < 1.29 is 9.66 Å². The maximum Gasteiger partial charge on any atom is 0.313 e. The second-order valence-corrected chi connectivity index (χ2v) is 2.67. The molecule has 1 aromatic rings. The maximum atomic E-state index is 10.7. The molecule has 4 heteroatoms. The van der Waals surface area contributed by atoms with E-state index in [4.69, 9.17) is 11.2 Å². The van der Waals surface area contributed by atoms with Crippen molar-refractivity contribution in [3.8, 4) is 18.1 Å². The lowest BCUT2D eigenvalue weighted by molar-refractivity contribution is -0.386. The molecule has 0 spiro atoms. The monoisotopic (exact) mass is 191 g/mol. The van der Waals surface area contributed by atoms with Gasteiger partial charge in [-0.3, -0.25) is 10.1 Å². The Morgan fingerprint density at radius 3 is 2.93 bits per heavy atom. The number of nitro benzene ring substituents is 1. The highest BCUT2D eigenvalue weighted by Crippen LogP contribution is 2.29. The largest absolute Gasteiger partial charge is 0.474 e. The van der Waals surface area contributed by atoms with Crippen molar-refractivity contribution in [3.63, 3.8) is 0 Å². The Labute approximate surface area is 81.7 Å². The van der Waals surface area contributed by atoms with E-state index in [0.29, 0.717) is 5.56 Å². The van der Waals surface area contributed by atoms with Gasteiger partial charge in [-0.25, -0.2) is 0 Å². The van der Waals surface area contributed by atoms with E-state index in [1.807, 2.05) is 0 Å². The highest BCUT2D eigenvalue weighted by molar-refractivity contribution is 5.52. The molecule has 14 heavy (non-hydrogen) atoms. The molecule has 1 rings (SSSR count). The van der Waals surface area contributed by atoms with Gasteiger partial charge in [0.2, 0.25) is 0 Å². The third-order valence-corrected chi connectivity index (χ3v) is 1.69. The van der Waals surface area contributed by atoms with Crippen LogP contribution in [0, 0.1) is 29.4 Å². The van der Waals surface area contributed by atoms with Crippen LogP contribution in [-0.4, -0.2) is 11.5 Å². The van der Waals surface area contributed by atoms with Crippen LogP contribution >= 0.6 is 0 Å². The minimum absolute atomic E-state index is 0.0252. The number of benzene rings is 1. The molecule has 0 unspecified atom stereocenters. The van der Waals surface area contributed by atoms with E-state index in [9.17, 15) is 10.1 Å². The van der Waals surface area contributed by atoms with Gasteiger partial charge in [-0.1, -0.05) is 18.1 Å². The number of para-hydroxylation sites is 1. The summed E-state index contributed by atoms with van der Waals surface area (Å²) in [5.41, 5.74) is 0.535. The Kier molecular flexibility index (Phi) is 3.08. The van der Waals surface area contributed by atoms with Gasteiger partial charge in [0, 0.05) is 5.56 Å². The van der Waals surface area contributed by atoms with E-state index < -0.39 is 4.92 Å². The molecule has 0 radical (unpaired) electrons. The summed E-state index contributed by atoms with van der Waals surface area (Å²) in [6.45, 7) is 1.69. The summed E-state index contributed by atoms with van der Waals surface area (Å²) in [6, 6.07) is 4.87. The first-order valence-corrected chi connectivity index (χ1v) is 3.97. The molecule has 0 bridgehead atoms. The Morgan fingerprint density at radius 2 is 2.36 bits per heavy atom. The van der Waals surface area contributed by atoms with Gasteiger partial charge in [-0.15, -0.1) is 6.42 Å². The van der Waals surface area contributed by atoms with E-state index in [1.54, 1.807) is 19.1 Å². The number of ether oxygens (including phenoxy) is 1. The first-order valence-electron chi connectivity index (χ1n) is 3.97. The lowest BCUT2D eigenvalue weighted by Crippen LogP contribution is -1.99. The second-order valence-electron chi connectivity index (χ2n) is 2.67. The van der Waals surface area contributed by atoms with Crippen LogP contribution in [0.5, 0.6) is 5.75 Å². The van der Waals surface area contributed by atoms with Crippen LogP contribution in [0.3, 0.4) is 0 Å². The van der Waals surface area contributed by atoms with E-state index in [-0.39, 0.29) is 18.0 Å². The summed E-state index contributed by atoms with van der Waals surface area (Å²) in [7, 11) is 0. The zero-order valence-electron chi connectivity index (χ0n) is 7.69. The van der Waals surface area contributed by atoms with Gasteiger partial charge in [0.05, 0.1) is 4.92 Å². The number of aryl methyl sites for hydroxylation is 1. The number of nitrogens with zero attached hydrogens (tertiary/aromatic N) is 1. The van der Waals surface area contributed by atoms with Gasteiger partial charge in [-0.05, 0) is 13.0 Å². The molecule has 0 aliphatic rings. The van der Waals surface area contributed by atoms with Crippen LogP contribution in [0.15, 0.2) is 18.2 Å². The van der Waals surface area contributed by atoms with Crippen LogP contribution in [-0.2, 0) is 0 Å². The molecule has 0 aliphatic carbocycles. The first-order chi connectivity index (χ1) is 6.66. The van der Waals surface area contributed by atoms with E-state index in [0.717, 1.165) is 0 Å². The minimum Gasteiger partial charge on any atom is -0.474 e. The summed E-state index contributed by atoms with van der Waals surface area (Å²) in [6.07, 6.45) is 5.00. The third kappa shape index (κ3) is 2.02. The summed E-state index contributed by atoms with van der Waals surface area (Å²) in [5.74, 6) is 2.47. The molecule has 0 atom stereocenters. The molecule has 4 nitrogen and oxygen atoms in total. The van der Waals surface area contributed by atoms with E-state index >= 15 is 0 Å². The fourth-order valence-electron chi connectivity index (χ4n) is 1.10. The molecular formula is C10H9NO3. The number of hydrogen-bond acceptors (Lipinski definition) is 3. The lowest BCUT2D eigenvalue weighted by Gasteiger charge is -2.04. The van der Waals surface area contributed by atoms with Gasteiger partial charge in [0.25, 0.3) is 0 Å². The van der Waals surface area contributed by atoms with Gasteiger partial charge < -0.3 is 4.74 Å². The number of terminal acetylenes is 1. The normalized spacial score (nSPS) is 9.14. The quantitative estimate of drug-likeness (QED) is 0.416. The molecule has 0 N–H and O–H groups in total. The van der Waals surface area contributed by atoms with Crippen molar-refractivity contribution in [1.82, 2.24) is 0 Å². The average Bonchev–Trinajstić information content (AvgIpc) is 2.14. The standard InChI is InChI=1S/C10H9NO3/c1-3-7-14-9-6-4-5-8(2)10(9)11(12)13/h1,4-6H,7H2,2H3. The zero-order valence-corrected chi connectivity index (χ0v) is 7.69. The summed E-state index contributed by atoms with van der Waals surface area (Å²) >= 11 is 0. The van der Waals surface area contributed by atoms with Crippen molar-refractivity contribution in [3.05, 3.63) is 33.9 Å². The second kappa shape index (κ2) is 4.28. The molecule has 0 aromatic heterocycles. The molecule has 0 amide bonds. The number of hydrogen-bond donors (Lipinski definition) is 0. The van der Waals surface area contributed by atoms with Gasteiger partial charge in [-0.2, -0.15) is 0 Å². The minimum atomic E-state index is -0.471. The van der Waals surface area contributed by atoms with Crippen molar-refractivity contribution in [2.75, 3.05) is 6.61 Å². The predicted molar refractivity (Wildman–Crippen MR) is 52.2 cm³/mol. The van der Waals surface area contributed by atoms with Crippen molar-refractivity contribution >= 4 is 5.69 Å². The topological polar surface area (TPSA) is 52.4 Å². The SMILES string of the molecule is C#CCOc1cccc(C)c1[N+](=O)[O-]. The van der Waals surface area contributed by atoms with Crippen molar-refractivity contribution in [1.29, 1.82) is 0 Å². The van der Waals surface area contributed by atoms with Gasteiger partial charge in [0.15, 0.2) is 5.75 Å². The highest BCUT2D eigenvalue weighted by atomic mass is 16.6. The molecule has 0 saturated heterocycles. The molecular weight excluding hydrogens is 182 g/mol. The molecule has 0 saturated carbocycles. The van der Waals surface area contributed by atoms with Gasteiger partial charge in [0.1, 0.15) is 6.61 Å². The Balaban J connectivity index is 3.09. The van der Waals surface area contributed by atoms with Crippen LogP contribution in [0.4, 0.5) is 5.69 Å². The predicted octanol–water partition coefficient (Wildman–Crippen LogP) is 1.92. The van der Waals surface area contributed by atoms with Crippen LogP contribution in [0.25, 0.3) is 0 Å². The Morgan fingerprint density at radius 1 is 1.64 bits per heavy atom. The van der Waals surface area contributed by atoms with Crippen LogP contribution < -0.4 is 4.74 Å². The van der Waals surface area contributed by atoms with Crippen molar-refractivity contribution in [2.45, 2.75) is 6.92 Å². The third-order valence-electron chi connectivity index (χ3n) is 1.69. The molecule has 0 heterocycles. The molecule has 0 aliphatic heterocycles. The number of rotatable bonds is 3. The Bertz CT molecular complexity index is 393. The van der Waals surface area contributed by atoms with E-state index in [1.165, 1.54) is 6.07 Å². The maximum absolute atomic E-state index is 10.7. The van der Waals surface area contributed by atoms with Crippen LogP contribution in [0.1, 0.15) is 5.56 Å². The van der Waals surface area contributed by atoms with Crippen molar-refractivity contribution in [2.24, 2.45) is 0 Å². The molecule has 0 fully saturated rings. The summed E-state index contributed by atoms with van der Waals surface area (Å²) in [4.78, 5) is 10.2. The first kappa shape index (κ1) is 10.1. The Hall–Kier alpha value is -2.02. The summed E-state index contributed by atoms with van der Waals surface area (Å²) in [5, 5.41) is 10.7. The highest BCUT2D eigenvalue weighted by Gasteiger charge is 2.17. The van der Waals surface area contributed by atoms with Crippen LogP contribution in [0.2, 0.25) is 0 Å². The number of nitro groups is 1.